The van der Waals surface area contributed by atoms with Gasteiger partial charge in [-0.1, -0.05) is 71.7 Å². The number of aromatic amines is 1. The van der Waals surface area contributed by atoms with E-state index in [0.29, 0.717) is 39.4 Å². The molecule has 0 aliphatic carbocycles. The number of methoxy groups -OCH3 is 2. The van der Waals surface area contributed by atoms with Crippen LogP contribution in [0.4, 0.5) is 0 Å². The number of phenols is 2. The molecule has 8 rings (SSSR count). The Hall–Kier alpha value is -8.51. The summed E-state index contributed by atoms with van der Waals surface area (Å²) in [5.41, 5.74) is 2.60. The maximum Gasteiger partial charge on any atom is 0.492 e. The molecule has 0 saturated carbocycles. The second-order valence-corrected chi connectivity index (χ2v) is 15.6. The van der Waals surface area contributed by atoms with Gasteiger partial charge < -0.3 is 43.9 Å². The van der Waals surface area contributed by atoms with E-state index in [9.17, 15) is 29.4 Å². The fraction of sp³-hybridized carbons (Fsp3) is 0.204. The number of nitrogens with zero attached hydrogens (tertiary/aromatic N) is 8. The summed E-state index contributed by atoms with van der Waals surface area (Å²) < 4.78 is 29.2. The van der Waals surface area contributed by atoms with E-state index >= 15 is 0 Å². The molecule has 0 unspecified atom stereocenters. The number of ether oxygens (including phenoxy) is 5. The molecule has 0 radical (unpaired) electrons. The Morgan fingerprint density at radius 2 is 1.05 bits per heavy atom. The van der Waals surface area contributed by atoms with Crippen LogP contribution in [0.5, 0.6) is 23.3 Å². The number of carbonyl (C=O) groups is 3. The number of aryl methyl sites for hydroxylation is 2. The van der Waals surface area contributed by atoms with Crippen molar-refractivity contribution in [1.29, 1.82) is 0 Å². The lowest BCUT2D eigenvalue weighted by atomic mass is 9.79. The fourth-order valence-corrected chi connectivity index (χ4v) is 6.79. The van der Waals surface area contributed by atoms with E-state index in [1.54, 1.807) is 100 Å². The third-order valence-electron chi connectivity index (χ3n) is 9.95. The summed E-state index contributed by atoms with van der Waals surface area (Å²) in [7, 11) is 1.29. The molecule has 74 heavy (non-hydrogen) atoms. The monoisotopic (exact) mass is 1050 g/mol. The van der Waals surface area contributed by atoms with Gasteiger partial charge in [0.05, 0.1) is 52.1 Å². The van der Waals surface area contributed by atoms with Crippen molar-refractivity contribution in [3.8, 4) is 52.0 Å². The molecule has 6 aromatic heterocycles. The van der Waals surface area contributed by atoms with Gasteiger partial charge in [-0.2, -0.15) is 19.6 Å². The zero-order valence-corrected chi connectivity index (χ0v) is 42.4. The van der Waals surface area contributed by atoms with Crippen LogP contribution in [-0.2, 0) is 14.2 Å². The minimum absolute atomic E-state index is 0.0532. The van der Waals surface area contributed by atoms with Crippen LogP contribution in [0.25, 0.3) is 28.7 Å². The molecule has 0 fully saturated rings. The Balaban J connectivity index is 0.000000190. The molecule has 6 heterocycles. The molecule has 0 amide bonds. The maximum atomic E-state index is 12.0. The van der Waals surface area contributed by atoms with Crippen LogP contribution in [0.15, 0.2) is 114 Å². The van der Waals surface area contributed by atoms with Crippen LogP contribution < -0.4 is 20.5 Å². The number of pyridine rings is 3. The van der Waals surface area contributed by atoms with Gasteiger partial charge in [0.1, 0.15) is 38.5 Å². The van der Waals surface area contributed by atoms with E-state index in [2.05, 4.69) is 30.2 Å². The van der Waals surface area contributed by atoms with Gasteiger partial charge in [-0.05, 0) is 88.2 Å². The van der Waals surface area contributed by atoms with Gasteiger partial charge in [-0.15, -0.1) is 0 Å². The summed E-state index contributed by atoms with van der Waals surface area (Å²) >= 11 is 11.6. The van der Waals surface area contributed by atoms with Crippen LogP contribution in [0, 0.1) is 13.8 Å². The number of phenolic OH excluding ortho intramolecular Hbond substituents is 2. The molecule has 0 bridgehead atoms. The minimum atomic E-state index is -1.60. The number of aromatic nitrogens is 9. The first kappa shape index (κ1) is 56.4. The van der Waals surface area contributed by atoms with Crippen molar-refractivity contribution in [2.75, 3.05) is 34.0 Å². The normalized spacial score (nSPS) is 10.3. The van der Waals surface area contributed by atoms with E-state index in [0.717, 1.165) is 10.2 Å². The SMILES string of the molecule is CCOC(=O)c1c[nH]n(-c2cccc(Cl)n2)c1=O.CCOC(=O)c1cnn(-c2cccc(-c3cccc(C)c3O)n2)c1OC.CCOC(=O)c1cnn(-c2cccc(Cl)n2)c1OC.Cc1cccc(B(O)O)c1O. The lowest BCUT2D eigenvalue weighted by Gasteiger charge is -2.10. The van der Waals surface area contributed by atoms with Crippen LogP contribution in [-0.4, -0.2) is 124 Å². The lowest BCUT2D eigenvalue weighted by Crippen LogP contribution is -2.30. The molecule has 0 aliphatic heterocycles. The van der Waals surface area contributed by atoms with Crippen molar-refractivity contribution >= 4 is 53.7 Å². The standard InChI is InChI=1S/C19H19N3O4.C12H12ClN3O3.C11H10ClN3O3.C7H9BO3/c1-4-26-19(24)14-11-20-22(18(14)25-3)16-10-6-9-15(21-16)13-8-5-7-12(2)17(13)23;1-3-19-12(17)8-7-14-16(11(8)18-2)10-6-4-5-9(13)15-10;1-2-18-11(17)7-6-13-15(10(7)16)9-5-3-4-8(12)14-9;1-5-3-2-4-6(7(5)9)8(10)11/h5-11,23H,4H2,1-3H3;4-7H,3H2,1-2H3;3-6,13H,2H2,1H3;2-4,9-11H,1H3. The summed E-state index contributed by atoms with van der Waals surface area (Å²) in [6.07, 6.45) is 4.04. The average Bonchev–Trinajstić information content (AvgIpc) is 4.13. The summed E-state index contributed by atoms with van der Waals surface area (Å²) in [6, 6.07) is 25.5. The number of hydrogen-bond acceptors (Lipinski definition) is 18. The summed E-state index contributed by atoms with van der Waals surface area (Å²) in [4.78, 5) is 59.8. The Kier molecular flexibility index (Phi) is 20.4. The first-order chi connectivity index (χ1) is 35.5. The third-order valence-corrected chi connectivity index (χ3v) is 10.4. The Morgan fingerprint density at radius 3 is 1.54 bits per heavy atom. The maximum absolute atomic E-state index is 12.0. The zero-order chi connectivity index (χ0) is 54.1. The van der Waals surface area contributed by atoms with Crippen molar-refractivity contribution < 1.29 is 58.3 Å². The predicted octanol–water partition coefficient (Wildman–Crippen LogP) is 6.01. The zero-order valence-electron chi connectivity index (χ0n) is 40.9. The van der Waals surface area contributed by atoms with E-state index in [-0.39, 0.29) is 70.4 Å². The summed E-state index contributed by atoms with van der Waals surface area (Å²) in [5, 5.41) is 48.5. The number of benzene rings is 2. The van der Waals surface area contributed by atoms with Gasteiger partial charge in [-0.25, -0.2) is 34.0 Å². The van der Waals surface area contributed by atoms with Crippen LogP contribution in [0.2, 0.25) is 10.3 Å². The fourth-order valence-electron chi connectivity index (χ4n) is 6.47. The first-order valence-corrected chi connectivity index (χ1v) is 23.0. The summed E-state index contributed by atoms with van der Waals surface area (Å²) in [6.45, 7) is 9.39. The molecular formula is C49H50BCl2N9O13. The molecule has 0 saturated heterocycles. The molecule has 22 nitrogen and oxygen atoms in total. The Morgan fingerprint density at radius 1 is 0.608 bits per heavy atom. The van der Waals surface area contributed by atoms with Crippen LogP contribution in [0.1, 0.15) is 63.0 Å². The van der Waals surface area contributed by atoms with Gasteiger partial charge in [-0.3, -0.25) is 9.89 Å². The number of nitrogens with one attached hydrogen (secondary N) is 1. The molecule has 0 aliphatic rings. The van der Waals surface area contributed by atoms with Crippen molar-refractivity contribution in [3.63, 3.8) is 0 Å². The van der Waals surface area contributed by atoms with Gasteiger partial charge in [0.25, 0.3) is 5.56 Å². The largest absolute Gasteiger partial charge is 0.508 e. The highest BCUT2D eigenvalue weighted by Gasteiger charge is 2.23. The number of carbonyl (C=O) groups excluding carboxylic acids is 3. The quantitative estimate of drug-likeness (QED) is 0.0382. The number of esters is 3. The van der Waals surface area contributed by atoms with Gasteiger partial charge in [0, 0.05) is 17.2 Å². The van der Waals surface area contributed by atoms with Gasteiger partial charge in [0.2, 0.25) is 11.8 Å². The van der Waals surface area contributed by atoms with E-state index in [4.69, 9.17) is 56.9 Å². The molecular weight excluding hydrogens is 1000 g/mol. The minimum Gasteiger partial charge on any atom is -0.508 e. The number of hydrogen-bond donors (Lipinski definition) is 5. The lowest BCUT2D eigenvalue weighted by molar-refractivity contribution is 0.0512. The van der Waals surface area contributed by atoms with Crippen molar-refractivity contribution in [2.45, 2.75) is 34.6 Å². The van der Waals surface area contributed by atoms with E-state index < -0.39 is 30.6 Å². The van der Waals surface area contributed by atoms with Crippen molar-refractivity contribution in [1.82, 2.24) is 44.3 Å². The molecule has 5 N–H and O–H groups in total. The number of aromatic hydroxyl groups is 2. The Labute approximate surface area is 433 Å². The van der Waals surface area contributed by atoms with Crippen molar-refractivity contribution in [2.24, 2.45) is 0 Å². The molecule has 25 heteroatoms. The number of H-pyrrole nitrogens is 1. The van der Waals surface area contributed by atoms with Crippen LogP contribution in [0.3, 0.4) is 0 Å². The highest BCUT2D eigenvalue weighted by Crippen LogP contribution is 2.32. The van der Waals surface area contributed by atoms with Crippen LogP contribution >= 0.6 is 23.2 Å². The van der Waals surface area contributed by atoms with E-state index in [1.165, 1.54) is 48.2 Å². The Bertz CT molecular complexity index is 3270. The second kappa shape index (κ2) is 26.8. The molecule has 8 aromatic rings. The van der Waals surface area contributed by atoms with Gasteiger partial charge in [0.15, 0.2) is 17.5 Å². The molecule has 2 aromatic carbocycles. The number of rotatable bonds is 13. The number of halogens is 2. The molecule has 0 spiro atoms. The van der Waals surface area contributed by atoms with E-state index in [1.807, 2.05) is 19.1 Å². The molecule has 0 atom stereocenters. The van der Waals surface area contributed by atoms with Crippen molar-refractivity contribution in [3.05, 3.63) is 158 Å². The highest BCUT2D eigenvalue weighted by molar-refractivity contribution is 6.59. The smallest absolute Gasteiger partial charge is 0.492 e. The first-order valence-electron chi connectivity index (χ1n) is 22.2. The second-order valence-electron chi connectivity index (χ2n) is 14.8. The average molecular weight is 1050 g/mol. The van der Waals surface area contributed by atoms with Gasteiger partial charge >= 0.3 is 25.0 Å². The predicted molar refractivity (Wildman–Crippen MR) is 272 cm³/mol. The third kappa shape index (κ3) is 13.9. The molecule has 386 valence electrons. The number of para-hydroxylation sites is 2. The highest BCUT2D eigenvalue weighted by atomic mass is 35.5. The topological polar surface area (TPSA) is 290 Å². The summed E-state index contributed by atoms with van der Waals surface area (Å²) in [5.74, 6) is 0.170.